The number of amides is 2. The minimum absolute atomic E-state index is 0.194. The van der Waals surface area contributed by atoms with Gasteiger partial charge in [0.25, 0.3) is 0 Å². The molecule has 2 aromatic heterocycles. The number of piperidine rings is 2. The Bertz CT molecular complexity index is 2610. The molecular formula is C48H58BrN10O5P. The molecule has 2 amide bonds. The van der Waals surface area contributed by atoms with E-state index in [2.05, 4.69) is 80.6 Å². The van der Waals surface area contributed by atoms with E-state index in [9.17, 15) is 14.2 Å². The van der Waals surface area contributed by atoms with Crippen molar-refractivity contribution in [3.63, 3.8) is 0 Å². The molecule has 0 spiro atoms. The van der Waals surface area contributed by atoms with Crippen molar-refractivity contribution in [1.29, 1.82) is 0 Å². The Morgan fingerprint density at radius 1 is 0.908 bits per heavy atom. The van der Waals surface area contributed by atoms with Crippen molar-refractivity contribution >= 4 is 80.1 Å². The van der Waals surface area contributed by atoms with Crippen molar-refractivity contribution in [1.82, 2.24) is 35.1 Å². The molecule has 0 radical (unpaired) electrons. The van der Waals surface area contributed by atoms with Gasteiger partial charge in [0.1, 0.15) is 30.0 Å². The lowest BCUT2D eigenvalue weighted by Gasteiger charge is -2.45. The molecule has 1 unspecified atom stereocenters. The van der Waals surface area contributed by atoms with Crippen molar-refractivity contribution in [3.8, 4) is 11.5 Å². The molecule has 1 atom stereocenters. The second kappa shape index (κ2) is 19.4. The van der Waals surface area contributed by atoms with Crippen molar-refractivity contribution in [2.75, 3.05) is 81.8 Å². The number of nitrogens with zero attached hydrogens (tertiary/aromatic N) is 7. The van der Waals surface area contributed by atoms with Gasteiger partial charge in [-0.15, -0.1) is 0 Å². The van der Waals surface area contributed by atoms with E-state index in [1.807, 2.05) is 36.4 Å². The molecule has 9 rings (SSSR count). The van der Waals surface area contributed by atoms with Gasteiger partial charge in [0, 0.05) is 88.6 Å². The highest BCUT2D eigenvalue weighted by Crippen LogP contribution is 2.42. The monoisotopic (exact) mass is 964 g/mol. The number of nitrogens with one attached hydrogen (secondary N) is 3. The third-order valence-electron chi connectivity index (χ3n) is 13.4. The lowest BCUT2D eigenvalue weighted by Crippen LogP contribution is -2.54. The van der Waals surface area contributed by atoms with Crippen LogP contribution in [0, 0.1) is 5.92 Å². The van der Waals surface area contributed by atoms with Gasteiger partial charge in [0.05, 0.1) is 45.8 Å². The number of fused-ring (bicyclic) bond motifs is 1. The van der Waals surface area contributed by atoms with Crippen LogP contribution in [0.4, 0.5) is 28.8 Å². The van der Waals surface area contributed by atoms with Crippen LogP contribution in [-0.4, -0.2) is 120 Å². The third kappa shape index (κ3) is 10.2. The summed E-state index contributed by atoms with van der Waals surface area (Å²) in [6.07, 6.45) is 11.3. The smallest absolute Gasteiger partial charge is 0.234 e. The van der Waals surface area contributed by atoms with Crippen LogP contribution in [0.1, 0.15) is 62.5 Å². The number of anilines is 5. The lowest BCUT2D eigenvalue weighted by molar-refractivity contribution is -0.134. The first-order valence-corrected chi connectivity index (χ1v) is 26.2. The Kier molecular flexibility index (Phi) is 13.4. The quantitative estimate of drug-likeness (QED) is 0.0742. The van der Waals surface area contributed by atoms with Crippen LogP contribution in [-0.2, 0) is 20.6 Å². The van der Waals surface area contributed by atoms with E-state index in [4.69, 9.17) is 14.5 Å². The molecule has 1 saturated carbocycles. The molecule has 15 nitrogen and oxygen atoms in total. The molecule has 65 heavy (non-hydrogen) atoms. The highest BCUT2D eigenvalue weighted by Gasteiger charge is 2.35. The molecule has 3 aromatic carbocycles. The molecule has 5 aromatic rings. The van der Waals surface area contributed by atoms with E-state index in [1.54, 1.807) is 39.0 Å². The molecule has 3 N–H and O–H groups in total. The largest absolute Gasteiger partial charge is 0.494 e. The molecule has 17 heteroatoms. The van der Waals surface area contributed by atoms with Gasteiger partial charge in [-0.05, 0) is 115 Å². The topological polar surface area (TPSA) is 167 Å². The van der Waals surface area contributed by atoms with E-state index in [0.717, 1.165) is 94.9 Å². The molecule has 342 valence electrons. The van der Waals surface area contributed by atoms with Crippen molar-refractivity contribution in [3.05, 3.63) is 82.7 Å². The third-order valence-corrected chi connectivity index (χ3v) is 15.5. The summed E-state index contributed by atoms with van der Waals surface area (Å²) in [5.41, 5.74) is 6.06. The molecule has 3 aliphatic heterocycles. The SMILES string of the molecule is CCc1cc(Nc2ncc(Br)c(Nc3ccc4nccnc4c3P(C)(C)=O)n2)c(OC)cc1N1CCC(N2CCN(C[C@H]3C[C@@H](Oc4cccc(C5CCC(=O)NC5=O)c4)C3)CC2)CC1. The van der Waals surface area contributed by atoms with Gasteiger partial charge in [-0.1, -0.05) is 19.1 Å². The normalized spacial score (nSPS) is 21.2. The fourth-order valence-corrected chi connectivity index (χ4v) is 11.6. The summed E-state index contributed by atoms with van der Waals surface area (Å²) in [5, 5.41) is 9.89. The van der Waals surface area contributed by atoms with Gasteiger partial charge in [0.2, 0.25) is 17.8 Å². The summed E-state index contributed by atoms with van der Waals surface area (Å²) in [6.45, 7) is 13.1. The van der Waals surface area contributed by atoms with Crippen LogP contribution in [0.3, 0.4) is 0 Å². The van der Waals surface area contributed by atoms with Crippen molar-refractivity contribution in [2.45, 2.75) is 69.9 Å². The van der Waals surface area contributed by atoms with E-state index < -0.39 is 7.14 Å². The van der Waals surface area contributed by atoms with Gasteiger partial charge in [-0.2, -0.15) is 4.98 Å². The van der Waals surface area contributed by atoms with Crippen LogP contribution < -0.4 is 35.6 Å². The number of imide groups is 1. The predicted octanol–water partition coefficient (Wildman–Crippen LogP) is 7.45. The zero-order valence-corrected chi connectivity index (χ0v) is 40.0. The van der Waals surface area contributed by atoms with Gasteiger partial charge in [-0.3, -0.25) is 29.8 Å². The molecule has 4 fully saturated rings. The number of aryl methyl sites for hydroxylation is 1. The number of carbonyl (C=O) groups is 2. The zero-order valence-electron chi connectivity index (χ0n) is 37.6. The number of hydrogen-bond donors (Lipinski definition) is 3. The summed E-state index contributed by atoms with van der Waals surface area (Å²) in [5.74, 6) is 2.36. The average Bonchev–Trinajstić information content (AvgIpc) is 3.29. The molecule has 4 aliphatic rings. The number of ether oxygens (including phenoxy) is 2. The number of rotatable bonds is 14. The predicted molar refractivity (Wildman–Crippen MR) is 259 cm³/mol. The highest BCUT2D eigenvalue weighted by molar-refractivity contribution is 9.10. The van der Waals surface area contributed by atoms with Crippen LogP contribution >= 0.6 is 23.1 Å². The molecule has 1 aliphatic carbocycles. The second-order valence-corrected chi connectivity index (χ2v) is 22.1. The van der Waals surface area contributed by atoms with E-state index in [1.165, 1.54) is 11.3 Å². The summed E-state index contributed by atoms with van der Waals surface area (Å²) in [7, 11) is -1.07. The number of aromatic nitrogens is 4. The van der Waals surface area contributed by atoms with E-state index in [0.29, 0.717) is 68.8 Å². The molecule has 3 saturated heterocycles. The first-order valence-electron chi connectivity index (χ1n) is 22.8. The molecular weight excluding hydrogens is 907 g/mol. The zero-order chi connectivity index (χ0) is 45.2. The Morgan fingerprint density at radius 2 is 1.69 bits per heavy atom. The van der Waals surface area contributed by atoms with Gasteiger partial charge in [0.15, 0.2) is 0 Å². The highest BCUT2D eigenvalue weighted by atomic mass is 79.9. The number of hydrogen-bond acceptors (Lipinski definition) is 14. The van der Waals surface area contributed by atoms with Gasteiger partial charge < -0.3 is 34.5 Å². The fourth-order valence-electron chi connectivity index (χ4n) is 9.97. The number of carbonyl (C=O) groups excluding carboxylic acids is 2. The summed E-state index contributed by atoms with van der Waals surface area (Å²) < 4.78 is 26.5. The van der Waals surface area contributed by atoms with Crippen molar-refractivity contribution in [2.24, 2.45) is 5.92 Å². The van der Waals surface area contributed by atoms with Crippen LogP contribution in [0.15, 0.2) is 71.6 Å². The Morgan fingerprint density at radius 3 is 2.43 bits per heavy atom. The maximum Gasteiger partial charge on any atom is 0.234 e. The van der Waals surface area contributed by atoms with Crippen molar-refractivity contribution < 1.29 is 23.6 Å². The van der Waals surface area contributed by atoms with Gasteiger partial charge >= 0.3 is 0 Å². The summed E-state index contributed by atoms with van der Waals surface area (Å²) in [6, 6.07) is 16.5. The van der Waals surface area contributed by atoms with Crippen LogP contribution in [0.25, 0.3) is 11.0 Å². The standard InChI is InChI=1S/C48H58BrN10O5P/c1-5-31-26-40(54-48-52-28-37(49)46(56-48)53-39-11-10-38-44(51-16-15-50-38)45(39)65(3,4)62)42(63-2)27-41(31)59-17-13-33(14-18-59)58-21-19-57(20-22-58)29-30-23-35(24-30)64-34-8-6-7-32(25-34)36-9-12-43(60)55-47(36)61/h6-8,10-11,15-16,25-28,30,33,35-36H,5,9,12-14,17-24,29H2,1-4H3,(H,55,60,61)(H2,52,53,54,56)/t30-,35+,36?. The first kappa shape index (κ1) is 45.0. The molecule has 0 bridgehead atoms. The van der Waals surface area contributed by atoms with Crippen LogP contribution in [0.2, 0.25) is 0 Å². The number of methoxy groups -OCH3 is 1. The Hall–Kier alpha value is -5.15. The Labute approximate surface area is 389 Å². The maximum atomic E-state index is 13.5. The number of halogens is 1. The molecule has 5 heterocycles. The van der Waals surface area contributed by atoms with E-state index >= 15 is 0 Å². The summed E-state index contributed by atoms with van der Waals surface area (Å²) in [4.78, 5) is 50.2. The number of benzene rings is 3. The Balaban J connectivity index is 0.763. The first-order chi connectivity index (χ1) is 31.4. The number of piperazine rings is 1. The lowest BCUT2D eigenvalue weighted by atomic mass is 9.81. The summed E-state index contributed by atoms with van der Waals surface area (Å²) >= 11 is 3.61. The minimum Gasteiger partial charge on any atom is -0.494 e. The average molecular weight is 966 g/mol. The second-order valence-electron chi connectivity index (χ2n) is 18.1. The van der Waals surface area contributed by atoms with Gasteiger partial charge in [-0.25, -0.2) is 4.98 Å². The minimum atomic E-state index is -2.77. The van der Waals surface area contributed by atoms with E-state index in [-0.39, 0.29) is 23.8 Å². The maximum absolute atomic E-state index is 13.5. The fraction of sp³-hybridized carbons (Fsp3) is 0.458. The van der Waals surface area contributed by atoms with Crippen LogP contribution in [0.5, 0.6) is 11.5 Å².